The molecule has 2 N–H and O–H groups in total. The first-order valence-electron chi connectivity index (χ1n) is 7.71. The molecule has 116 valence electrons. The number of hydrogen-bond donors (Lipinski definition) is 1. The van der Waals surface area contributed by atoms with Crippen LogP contribution in [0.4, 0.5) is 0 Å². The van der Waals surface area contributed by atoms with Crippen molar-refractivity contribution in [1.29, 1.82) is 0 Å². The lowest BCUT2D eigenvalue weighted by Gasteiger charge is -2.23. The van der Waals surface area contributed by atoms with Gasteiger partial charge in [0.25, 0.3) is 0 Å². The molecule has 0 unspecified atom stereocenters. The summed E-state index contributed by atoms with van der Waals surface area (Å²) in [5.41, 5.74) is 7.40. The van der Waals surface area contributed by atoms with Crippen LogP contribution >= 0.6 is 7.14 Å². The summed E-state index contributed by atoms with van der Waals surface area (Å²) >= 11 is 0. The van der Waals surface area contributed by atoms with Crippen LogP contribution in [0.5, 0.6) is 0 Å². The number of benzene rings is 3. The molecule has 0 aliphatic heterocycles. The fraction of sp³-hybridized carbons (Fsp3) is 0.100. The Kier molecular flexibility index (Phi) is 4.76. The van der Waals surface area contributed by atoms with Gasteiger partial charge in [-0.1, -0.05) is 91.0 Å². The summed E-state index contributed by atoms with van der Waals surface area (Å²) in [4.78, 5) is 0. The van der Waals surface area contributed by atoms with Gasteiger partial charge in [0.1, 0.15) is 7.14 Å². The van der Waals surface area contributed by atoms with E-state index in [4.69, 9.17) is 5.73 Å². The third kappa shape index (κ3) is 3.44. The summed E-state index contributed by atoms with van der Waals surface area (Å²) in [6.07, 6.45) is 0.422. The van der Waals surface area contributed by atoms with Crippen LogP contribution in [-0.2, 0) is 4.57 Å². The molecule has 0 bridgehead atoms. The molecule has 2 nitrogen and oxygen atoms in total. The van der Waals surface area contributed by atoms with Crippen molar-refractivity contribution in [3.05, 3.63) is 96.6 Å². The highest BCUT2D eigenvalue weighted by molar-refractivity contribution is 7.78. The van der Waals surface area contributed by atoms with Gasteiger partial charge in [0.05, 0.1) is 0 Å². The molecule has 0 aliphatic rings. The third-order valence-electron chi connectivity index (χ3n) is 4.03. The van der Waals surface area contributed by atoms with E-state index < -0.39 is 7.14 Å². The minimum Gasteiger partial charge on any atom is -0.324 e. The van der Waals surface area contributed by atoms with Crippen molar-refractivity contribution in [2.45, 2.75) is 6.04 Å². The highest BCUT2D eigenvalue weighted by Crippen LogP contribution is 2.45. The Balaban J connectivity index is 2.02. The quantitative estimate of drug-likeness (QED) is 0.728. The molecule has 0 saturated heterocycles. The monoisotopic (exact) mass is 321 g/mol. The van der Waals surface area contributed by atoms with E-state index in [0.29, 0.717) is 6.16 Å². The zero-order valence-electron chi connectivity index (χ0n) is 12.9. The van der Waals surface area contributed by atoms with Crippen LogP contribution in [0.3, 0.4) is 0 Å². The van der Waals surface area contributed by atoms with Gasteiger partial charge in [0.2, 0.25) is 0 Å². The smallest absolute Gasteiger partial charge is 0.145 e. The first kappa shape index (κ1) is 15.7. The van der Waals surface area contributed by atoms with Crippen molar-refractivity contribution >= 4 is 17.8 Å². The maximum Gasteiger partial charge on any atom is 0.145 e. The van der Waals surface area contributed by atoms with Crippen molar-refractivity contribution in [2.24, 2.45) is 5.73 Å². The summed E-state index contributed by atoms with van der Waals surface area (Å²) in [5, 5.41) is 1.72. The van der Waals surface area contributed by atoms with Gasteiger partial charge in [0, 0.05) is 22.8 Å². The van der Waals surface area contributed by atoms with Crippen molar-refractivity contribution in [3.8, 4) is 0 Å². The Labute approximate surface area is 137 Å². The molecule has 3 heteroatoms. The normalized spacial score (nSPS) is 12.7. The topological polar surface area (TPSA) is 43.1 Å². The zero-order chi connectivity index (χ0) is 16.1. The summed E-state index contributed by atoms with van der Waals surface area (Å²) in [6.45, 7) is 0. The van der Waals surface area contributed by atoms with Crippen LogP contribution in [0.2, 0.25) is 0 Å². The van der Waals surface area contributed by atoms with Crippen molar-refractivity contribution < 1.29 is 4.57 Å². The molecule has 3 aromatic rings. The number of rotatable bonds is 5. The van der Waals surface area contributed by atoms with E-state index in [9.17, 15) is 4.57 Å². The molecule has 1 atom stereocenters. The minimum atomic E-state index is -2.77. The lowest BCUT2D eigenvalue weighted by Crippen LogP contribution is -2.25. The Morgan fingerprint density at radius 2 is 1.09 bits per heavy atom. The third-order valence-corrected chi connectivity index (χ3v) is 7.20. The van der Waals surface area contributed by atoms with Gasteiger partial charge >= 0.3 is 0 Å². The van der Waals surface area contributed by atoms with E-state index in [1.165, 1.54) is 0 Å². The first-order chi connectivity index (χ1) is 11.2. The molecule has 0 aromatic heterocycles. The first-order valence-corrected chi connectivity index (χ1v) is 9.60. The fourth-order valence-electron chi connectivity index (χ4n) is 2.78. The van der Waals surface area contributed by atoms with Crippen molar-refractivity contribution in [3.63, 3.8) is 0 Å². The van der Waals surface area contributed by atoms with E-state index in [1.807, 2.05) is 91.0 Å². The van der Waals surface area contributed by atoms with Crippen LogP contribution in [0.25, 0.3) is 0 Å². The molecule has 23 heavy (non-hydrogen) atoms. The Hall–Kier alpha value is -2.15. The predicted molar refractivity (Wildman–Crippen MR) is 98.0 cm³/mol. The predicted octanol–water partition coefficient (Wildman–Crippen LogP) is 3.70. The van der Waals surface area contributed by atoms with Crippen molar-refractivity contribution in [2.75, 3.05) is 6.16 Å². The lowest BCUT2D eigenvalue weighted by molar-refractivity contribution is 0.582. The molecule has 0 radical (unpaired) electrons. The van der Waals surface area contributed by atoms with Gasteiger partial charge < -0.3 is 10.3 Å². The zero-order valence-corrected chi connectivity index (χ0v) is 13.8. The average Bonchev–Trinajstić information content (AvgIpc) is 2.64. The Bertz CT molecular complexity index is 744. The van der Waals surface area contributed by atoms with Gasteiger partial charge in [-0.05, 0) is 5.56 Å². The maximum atomic E-state index is 13.9. The van der Waals surface area contributed by atoms with Crippen molar-refractivity contribution in [1.82, 2.24) is 0 Å². The fourth-order valence-corrected chi connectivity index (χ4v) is 5.57. The molecule has 3 aromatic carbocycles. The van der Waals surface area contributed by atoms with E-state index >= 15 is 0 Å². The molecular weight excluding hydrogens is 301 g/mol. The SMILES string of the molecule is N[C@H](CP(=O)(c1ccccc1)c1ccccc1)c1ccccc1. The van der Waals surface area contributed by atoms with Crippen LogP contribution < -0.4 is 16.3 Å². The van der Waals surface area contributed by atoms with E-state index in [0.717, 1.165) is 16.2 Å². The second kappa shape index (κ2) is 6.95. The van der Waals surface area contributed by atoms with Gasteiger partial charge in [-0.3, -0.25) is 0 Å². The molecule has 0 amide bonds. The van der Waals surface area contributed by atoms with Crippen LogP contribution in [-0.4, -0.2) is 6.16 Å². The standard InChI is InChI=1S/C20H20NOP/c21-20(17-10-4-1-5-11-17)16-23(22,18-12-6-2-7-13-18)19-14-8-3-9-15-19/h1-15,20H,16,21H2/t20-/m1/s1. The number of nitrogens with two attached hydrogens (primary N) is 1. The summed E-state index contributed by atoms with van der Waals surface area (Å²) in [7, 11) is -2.77. The molecule has 0 heterocycles. The maximum absolute atomic E-state index is 13.9. The van der Waals surface area contributed by atoms with Crippen LogP contribution in [0, 0.1) is 0 Å². The van der Waals surface area contributed by atoms with Crippen LogP contribution in [0.15, 0.2) is 91.0 Å². The molecule has 3 rings (SSSR count). The van der Waals surface area contributed by atoms with Gasteiger partial charge in [-0.25, -0.2) is 0 Å². The summed E-state index contributed by atoms with van der Waals surface area (Å²) in [5.74, 6) is 0. The summed E-state index contributed by atoms with van der Waals surface area (Å²) < 4.78 is 13.9. The molecular formula is C20H20NOP. The highest BCUT2D eigenvalue weighted by Gasteiger charge is 2.29. The molecule has 0 fully saturated rings. The van der Waals surface area contributed by atoms with E-state index in [1.54, 1.807) is 0 Å². The molecule has 0 spiro atoms. The second-order valence-electron chi connectivity index (χ2n) is 5.61. The largest absolute Gasteiger partial charge is 0.324 e. The van der Waals surface area contributed by atoms with Crippen LogP contribution in [0.1, 0.15) is 11.6 Å². The second-order valence-corrected chi connectivity index (χ2v) is 8.49. The lowest BCUT2D eigenvalue weighted by atomic mass is 10.1. The van der Waals surface area contributed by atoms with E-state index in [-0.39, 0.29) is 6.04 Å². The molecule has 0 aliphatic carbocycles. The highest BCUT2D eigenvalue weighted by atomic mass is 31.2. The summed E-state index contributed by atoms with van der Waals surface area (Å²) in [6, 6.07) is 29.0. The Morgan fingerprint density at radius 3 is 1.52 bits per heavy atom. The molecule has 0 saturated carbocycles. The Morgan fingerprint density at radius 1 is 0.696 bits per heavy atom. The van der Waals surface area contributed by atoms with Gasteiger partial charge in [-0.15, -0.1) is 0 Å². The van der Waals surface area contributed by atoms with Gasteiger partial charge in [-0.2, -0.15) is 0 Å². The van der Waals surface area contributed by atoms with E-state index in [2.05, 4.69) is 0 Å². The average molecular weight is 321 g/mol. The van der Waals surface area contributed by atoms with Gasteiger partial charge in [0.15, 0.2) is 0 Å². The minimum absolute atomic E-state index is 0.262. The number of hydrogen-bond acceptors (Lipinski definition) is 2.